The number of thioether (sulfide) groups is 1. The van der Waals surface area contributed by atoms with E-state index >= 15 is 0 Å². The molecule has 104 valence electrons. The van der Waals surface area contributed by atoms with Crippen LogP contribution in [0.15, 0.2) is 54.6 Å². The van der Waals surface area contributed by atoms with E-state index in [4.69, 9.17) is 0 Å². The molecule has 0 spiro atoms. The minimum Gasteiger partial charge on any atom is -0.309 e. The Morgan fingerprint density at radius 3 is 2.40 bits per heavy atom. The van der Waals surface area contributed by atoms with Gasteiger partial charge in [-0.2, -0.15) is 11.8 Å². The molecule has 20 heavy (non-hydrogen) atoms. The summed E-state index contributed by atoms with van der Waals surface area (Å²) in [5, 5.41) is 3.68. The van der Waals surface area contributed by atoms with Crippen LogP contribution >= 0.6 is 11.8 Å². The summed E-state index contributed by atoms with van der Waals surface area (Å²) in [6.07, 6.45) is 2.68. The summed E-state index contributed by atoms with van der Waals surface area (Å²) < 4.78 is 0. The molecule has 1 atom stereocenters. The molecule has 1 heterocycles. The van der Waals surface area contributed by atoms with Gasteiger partial charge in [-0.1, -0.05) is 54.6 Å². The van der Waals surface area contributed by atoms with Crippen LogP contribution in [0.4, 0.5) is 0 Å². The highest BCUT2D eigenvalue weighted by molar-refractivity contribution is 7.99. The van der Waals surface area contributed by atoms with E-state index in [2.05, 4.69) is 71.7 Å². The number of rotatable bonds is 4. The Labute approximate surface area is 125 Å². The van der Waals surface area contributed by atoms with E-state index in [0.29, 0.717) is 6.04 Å². The van der Waals surface area contributed by atoms with Crippen LogP contribution < -0.4 is 5.32 Å². The molecule has 1 aliphatic heterocycles. The normalized spacial score (nSPS) is 18.9. The summed E-state index contributed by atoms with van der Waals surface area (Å²) >= 11 is 2.08. The number of hydrogen-bond acceptors (Lipinski definition) is 2. The van der Waals surface area contributed by atoms with Crippen LogP contribution in [0.2, 0.25) is 0 Å². The van der Waals surface area contributed by atoms with E-state index in [0.717, 1.165) is 6.54 Å². The Morgan fingerprint density at radius 2 is 1.70 bits per heavy atom. The van der Waals surface area contributed by atoms with Crippen molar-refractivity contribution in [3.05, 3.63) is 60.2 Å². The van der Waals surface area contributed by atoms with E-state index in [1.165, 1.54) is 41.0 Å². The van der Waals surface area contributed by atoms with Gasteiger partial charge in [0.25, 0.3) is 0 Å². The highest BCUT2D eigenvalue weighted by Crippen LogP contribution is 2.20. The van der Waals surface area contributed by atoms with Crippen molar-refractivity contribution >= 4 is 11.8 Å². The largest absolute Gasteiger partial charge is 0.309 e. The molecule has 1 N–H and O–H groups in total. The lowest BCUT2D eigenvalue weighted by Gasteiger charge is -2.22. The van der Waals surface area contributed by atoms with Crippen LogP contribution in [0.1, 0.15) is 18.4 Å². The lowest BCUT2D eigenvalue weighted by atomic mass is 10.0. The number of nitrogens with one attached hydrogen (secondary N) is 1. The monoisotopic (exact) mass is 283 g/mol. The summed E-state index contributed by atoms with van der Waals surface area (Å²) in [5.74, 6) is 2.60. The summed E-state index contributed by atoms with van der Waals surface area (Å²) in [6, 6.07) is 20.2. The van der Waals surface area contributed by atoms with E-state index in [-0.39, 0.29) is 0 Å². The molecular formula is C18H21NS. The lowest BCUT2D eigenvalue weighted by Crippen LogP contribution is -2.33. The standard InChI is InChI=1S/C18H21NS/c1-2-5-16(6-3-1)17-10-8-15(9-11-17)13-19-18-7-4-12-20-14-18/h1-3,5-6,8-11,18-19H,4,7,12-14H2. The Hall–Kier alpha value is -1.25. The van der Waals surface area contributed by atoms with Crippen molar-refractivity contribution < 1.29 is 0 Å². The van der Waals surface area contributed by atoms with Gasteiger partial charge >= 0.3 is 0 Å². The molecule has 0 radical (unpaired) electrons. The zero-order chi connectivity index (χ0) is 13.6. The predicted octanol–water partition coefficient (Wildman–Crippen LogP) is 4.34. The Balaban J connectivity index is 1.58. The Bertz CT molecular complexity index is 515. The first-order valence-corrected chi connectivity index (χ1v) is 8.53. The quantitative estimate of drug-likeness (QED) is 0.896. The van der Waals surface area contributed by atoms with Gasteiger partial charge in [-0.3, -0.25) is 0 Å². The van der Waals surface area contributed by atoms with Crippen molar-refractivity contribution in [3.63, 3.8) is 0 Å². The van der Waals surface area contributed by atoms with Gasteiger partial charge in [0.15, 0.2) is 0 Å². The fraction of sp³-hybridized carbons (Fsp3) is 0.333. The maximum absolute atomic E-state index is 3.68. The Morgan fingerprint density at radius 1 is 0.950 bits per heavy atom. The molecule has 2 heteroatoms. The van der Waals surface area contributed by atoms with Crippen LogP contribution in [0.5, 0.6) is 0 Å². The van der Waals surface area contributed by atoms with Gasteiger partial charge in [-0.05, 0) is 35.3 Å². The molecular weight excluding hydrogens is 262 g/mol. The van der Waals surface area contributed by atoms with Crippen molar-refractivity contribution in [1.82, 2.24) is 5.32 Å². The zero-order valence-electron chi connectivity index (χ0n) is 11.7. The molecule has 0 aliphatic carbocycles. The molecule has 3 rings (SSSR count). The Kier molecular flexibility index (Phi) is 4.77. The van der Waals surface area contributed by atoms with Crippen LogP contribution in [0, 0.1) is 0 Å². The second kappa shape index (κ2) is 6.96. The van der Waals surface area contributed by atoms with E-state index in [1.807, 2.05) is 0 Å². The van der Waals surface area contributed by atoms with E-state index in [1.54, 1.807) is 0 Å². The van der Waals surface area contributed by atoms with Crippen LogP contribution in [-0.2, 0) is 6.54 Å². The third kappa shape index (κ3) is 3.65. The van der Waals surface area contributed by atoms with Gasteiger partial charge in [0.05, 0.1) is 0 Å². The van der Waals surface area contributed by atoms with E-state index in [9.17, 15) is 0 Å². The molecule has 1 saturated heterocycles. The third-order valence-electron chi connectivity index (χ3n) is 3.82. The first-order chi connectivity index (χ1) is 9.92. The minimum atomic E-state index is 0.697. The van der Waals surface area contributed by atoms with Gasteiger partial charge in [0.1, 0.15) is 0 Å². The average molecular weight is 283 g/mol. The molecule has 1 unspecified atom stereocenters. The lowest BCUT2D eigenvalue weighted by molar-refractivity contribution is 0.508. The first-order valence-electron chi connectivity index (χ1n) is 7.37. The minimum absolute atomic E-state index is 0.697. The number of hydrogen-bond donors (Lipinski definition) is 1. The molecule has 0 saturated carbocycles. The van der Waals surface area contributed by atoms with Gasteiger partial charge in [0, 0.05) is 18.3 Å². The van der Waals surface area contributed by atoms with Crippen molar-refractivity contribution in [2.75, 3.05) is 11.5 Å². The average Bonchev–Trinajstić information content (AvgIpc) is 2.55. The third-order valence-corrected chi connectivity index (χ3v) is 5.03. The topological polar surface area (TPSA) is 12.0 Å². The molecule has 2 aromatic carbocycles. The summed E-state index contributed by atoms with van der Waals surface area (Å²) in [4.78, 5) is 0. The SMILES string of the molecule is c1ccc(-c2ccc(CNC3CCCSC3)cc2)cc1. The highest BCUT2D eigenvalue weighted by Gasteiger charge is 2.12. The van der Waals surface area contributed by atoms with Crippen molar-refractivity contribution in [2.45, 2.75) is 25.4 Å². The predicted molar refractivity (Wildman–Crippen MR) is 89.1 cm³/mol. The van der Waals surface area contributed by atoms with Gasteiger partial charge in [-0.25, -0.2) is 0 Å². The van der Waals surface area contributed by atoms with Gasteiger partial charge in [0.2, 0.25) is 0 Å². The first kappa shape index (κ1) is 13.7. The van der Waals surface area contributed by atoms with Crippen molar-refractivity contribution in [3.8, 4) is 11.1 Å². The van der Waals surface area contributed by atoms with Crippen molar-refractivity contribution in [1.29, 1.82) is 0 Å². The van der Waals surface area contributed by atoms with Gasteiger partial charge in [-0.15, -0.1) is 0 Å². The smallest absolute Gasteiger partial charge is 0.0208 e. The molecule has 0 amide bonds. The molecule has 1 aliphatic rings. The summed E-state index contributed by atoms with van der Waals surface area (Å²) in [7, 11) is 0. The molecule has 0 aromatic heterocycles. The maximum atomic E-state index is 3.68. The summed E-state index contributed by atoms with van der Waals surface area (Å²) in [5.41, 5.74) is 3.96. The van der Waals surface area contributed by atoms with Crippen LogP contribution in [-0.4, -0.2) is 17.5 Å². The van der Waals surface area contributed by atoms with Crippen LogP contribution in [0.3, 0.4) is 0 Å². The maximum Gasteiger partial charge on any atom is 0.0208 e. The number of benzene rings is 2. The van der Waals surface area contributed by atoms with E-state index < -0.39 is 0 Å². The van der Waals surface area contributed by atoms with Gasteiger partial charge < -0.3 is 5.32 Å². The van der Waals surface area contributed by atoms with Crippen LogP contribution in [0.25, 0.3) is 11.1 Å². The molecule has 2 aromatic rings. The highest BCUT2D eigenvalue weighted by atomic mass is 32.2. The fourth-order valence-electron chi connectivity index (χ4n) is 2.61. The summed E-state index contributed by atoms with van der Waals surface area (Å²) in [6.45, 7) is 0.986. The molecule has 0 bridgehead atoms. The molecule has 1 fully saturated rings. The fourth-order valence-corrected chi connectivity index (χ4v) is 3.72. The zero-order valence-corrected chi connectivity index (χ0v) is 12.5. The molecule has 1 nitrogen and oxygen atoms in total. The second-order valence-corrected chi connectivity index (χ2v) is 6.51. The second-order valence-electron chi connectivity index (χ2n) is 5.36. The van der Waals surface area contributed by atoms with Crippen molar-refractivity contribution in [2.24, 2.45) is 0 Å².